The summed E-state index contributed by atoms with van der Waals surface area (Å²) in [6.45, 7) is 0.0619. The van der Waals surface area contributed by atoms with E-state index in [4.69, 9.17) is 4.74 Å². The Balaban J connectivity index is 1.87. The number of amides is 4. The van der Waals surface area contributed by atoms with Crippen molar-refractivity contribution in [1.82, 2.24) is 14.8 Å². The Morgan fingerprint density at radius 1 is 1.12 bits per heavy atom. The maximum absolute atomic E-state index is 12.7. The average Bonchev–Trinajstić information content (AvgIpc) is 3.01. The van der Waals surface area contributed by atoms with E-state index in [9.17, 15) is 14.4 Å². The number of imide groups is 2. The molecule has 7 heteroatoms. The number of carbonyl (C=O) groups is 3. The van der Waals surface area contributed by atoms with Crippen LogP contribution in [0.15, 0.2) is 48.2 Å². The van der Waals surface area contributed by atoms with Crippen LogP contribution in [0, 0.1) is 0 Å². The number of barbiturate groups is 1. The molecular formula is C18H17N3O4. The molecular weight excluding hydrogens is 322 g/mol. The lowest BCUT2D eigenvalue weighted by Gasteiger charge is -2.26. The van der Waals surface area contributed by atoms with Gasteiger partial charge in [0.15, 0.2) is 0 Å². The van der Waals surface area contributed by atoms with E-state index in [0.717, 1.165) is 10.5 Å². The molecule has 2 aromatic rings. The molecule has 25 heavy (non-hydrogen) atoms. The van der Waals surface area contributed by atoms with Gasteiger partial charge in [-0.1, -0.05) is 12.1 Å². The smallest absolute Gasteiger partial charge is 0.331 e. The Bertz CT molecular complexity index is 865. The first-order valence-electron chi connectivity index (χ1n) is 7.62. The van der Waals surface area contributed by atoms with Crippen LogP contribution in [0.2, 0.25) is 0 Å². The van der Waals surface area contributed by atoms with Crippen molar-refractivity contribution in [3.8, 4) is 5.75 Å². The second-order valence-corrected chi connectivity index (χ2v) is 5.60. The highest BCUT2D eigenvalue weighted by Crippen LogP contribution is 2.18. The summed E-state index contributed by atoms with van der Waals surface area (Å²) in [6.07, 6.45) is 3.28. The monoisotopic (exact) mass is 339 g/mol. The molecule has 2 heterocycles. The molecule has 1 N–H and O–H groups in total. The molecule has 1 fully saturated rings. The SMILES string of the molecule is COc1ccc(CN2C(=O)NC(=O)/C(=C\c3cccn3C)C2=O)cc1. The zero-order valence-electron chi connectivity index (χ0n) is 13.9. The number of urea groups is 1. The van der Waals surface area contributed by atoms with Gasteiger partial charge >= 0.3 is 6.03 Å². The molecule has 0 bridgehead atoms. The molecule has 128 valence electrons. The largest absolute Gasteiger partial charge is 0.497 e. The van der Waals surface area contributed by atoms with Crippen molar-refractivity contribution in [2.24, 2.45) is 7.05 Å². The van der Waals surface area contributed by atoms with Crippen molar-refractivity contribution in [2.75, 3.05) is 7.11 Å². The number of ether oxygens (including phenoxy) is 1. The summed E-state index contributed by atoms with van der Waals surface area (Å²) in [4.78, 5) is 37.8. The van der Waals surface area contributed by atoms with Gasteiger partial charge < -0.3 is 9.30 Å². The van der Waals surface area contributed by atoms with E-state index in [1.54, 1.807) is 61.3 Å². The second kappa shape index (κ2) is 6.64. The highest BCUT2D eigenvalue weighted by Gasteiger charge is 2.35. The van der Waals surface area contributed by atoms with Crippen LogP contribution in [0.25, 0.3) is 6.08 Å². The Labute approximate surface area is 144 Å². The molecule has 1 aromatic heterocycles. The predicted octanol–water partition coefficient (Wildman–Crippen LogP) is 1.70. The number of nitrogens with zero attached hydrogens (tertiary/aromatic N) is 2. The number of nitrogens with one attached hydrogen (secondary N) is 1. The normalized spacial score (nSPS) is 16.3. The number of carbonyl (C=O) groups excluding carboxylic acids is 3. The Morgan fingerprint density at radius 3 is 2.44 bits per heavy atom. The molecule has 1 aliphatic rings. The van der Waals surface area contributed by atoms with E-state index in [-0.39, 0.29) is 12.1 Å². The van der Waals surface area contributed by atoms with Crippen molar-refractivity contribution in [3.63, 3.8) is 0 Å². The van der Waals surface area contributed by atoms with E-state index >= 15 is 0 Å². The van der Waals surface area contributed by atoms with Crippen molar-refractivity contribution >= 4 is 23.9 Å². The number of rotatable bonds is 4. The fourth-order valence-corrected chi connectivity index (χ4v) is 2.52. The minimum absolute atomic E-state index is 0.0619. The lowest BCUT2D eigenvalue weighted by Crippen LogP contribution is -2.53. The maximum atomic E-state index is 12.7. The number of methoxy groups -OCH3 is 1. The van der Waals surface area contributed by atoms with Gasteiger partial charge in [0.05, 0.1) is 13.7 Å². The van der Waals surface area contributed by atoms with Crippen LogP contribution in [0.4, 0.5) is 4.79 Å². The van der Waals surface area contributed by atoms with Gasteiger partial charge in [-0.15, -0.1) is 0 Å². The Morgan fingerprint density at radius 2 is 1.84 bits per heavy atom. The molecule has 1 aromatic carbocycles. The number of benzene rings is 1. The summed E-state index contributed by atoms with van der Waals surface area (Å²) in [6, 6.07) is 9.86. The summed E-state index contributed by atoms with van der Waals surface area (Å²) in [5, 5.41) is 2.21. The molecule has 0 saturated carbocycles. The fourth-order valence-electron chi connectivity index (χ4n) is 2.52. The first kappa shape index (κ1) is 16.5. The Hall–Kier alpha value is -3.35. The number of aromatic nitrogens is 1. The molecule has 0 spiro atoms. The zero-order valence-corrected chi connectivity index (χ0v) is 13.9. The van der Waals surface area contributed by atoms with Gasteiger partial charge in [-0.05, 0) is 35.9 Å². The molecule has 0 radical (unpaired) electrons. The summed E-state index contributed by atoms with van der Waals surface area (Å²) < 4.78 is 6.86. The average molecular weight is 339 g/mol. The molecule has 3 rings (SSSR count). The predicted molar refractivity (Wildman–Crippen MR) is 90.5 cm³/mol. The zero-order chi connectivity index (χ0) is 18.0. The van der Waals surface area contributed by atoms with Crippen LogP contribution in [-0.2, 0) is 23.2 Å². The van der Waals surface area contributed by atoms with E-state index < -0.39 is 17.8 Å². The standard InChI is InChI=1S/C18H17N3O4/c1-20-9-3-4-13(20)10-15-16(22)19-18(24)21(17(15)23)11-12-5-7-14(25-2)8-6-12/h3-10H,11H2,1-2H3,(H,19,22,24)/b15-10+. The van der Waals surface area contributed by atoms with Gasteiger partial charge in [-0.3, -0.25) is 19.8 Å². The number of aryl methyl sites for hydroxylation is 1. The van der Waals surface area contributed by atoms with Gasteiger partial charge in [0, 0.05) is 18.9 Å². The van der Waals surface area contributed by atoms with Gasteiger partial charge in [-0.25, -0.2) is 4.79 Å². The van der Waals surface area contributed by atoms with Crippen LogP contribution < -0.4 is 10.1 Å². The van der Waals surface area contributed by atoms with Gasteiger partial charge in [0.1, 0.15) is 11.3 Å². The van der Waals surface area contributed by atoms with E-state index in [0.29, 0.717) is 11.4 Å². The van der Waals surface area contributed by atoms with Crippen molar-refractivity contribution in [1.29, 1.82) is 0 Å². The summed E-state index contributed by atoms with van der Waals surface area (Å²) in [7, 11) is 3.36. The third-order valence-corrected chi connectivity index (χ3v) is 3.96. The molecule has 0 unspecified atom stereocenters. The lowest BCUT2D eigenvalue weighted by atomic mass is 10.1. The summed E-state index contributed by atoms with van der Waals surface area (Å²) in [5.41, 5.74) is 1.36. The van der Waals surface area contributed by atoms with Crippen molar-refractivity contribution in [3.05, 3.63) is 59.4 Å². The van der Waals surface area contributed by atoms with Gasteiger partial charge in [-0.2, -0.15) is 0 Å². The highest BCUT2D eigenvalue weighted by molar-refractivity contribution is 6.30. The van der Waals surface area contributed by atoms with Gasteiger partial charge in [0.25, 0.3) is 11.8 Å². The molecule has 1 aliphatic heterocycles. The summed E-state index contributed by atoms with van der Waals surface area (Å²) >= 11 is 0. The Kier molecular flexibility index (Phi) is 4.38. The molecule has 4 amide bonds. The van der Waals surface area contributed by atoms with Crippen molar-refractivity contribution in [2.45, 2.75) is 6.54 Å². The molecule has 0 atom stereocenters. The number of hydrogen-bond donors (Lipinski definition) is 1. The molecule has 1 saturated heterocycles. The van der Waals surface area contributed by atoms with Crippen molar-refractivity contribution < 1.29 is 19.1 Å². The number of hydrogen-bond acceptors (Lipinski definition) is 4. The topological polar surface area (TPSA) is 80.6 Å². The van der Waals surface area contributed by atoms with Crippen LogP contribution in [0.5, 0.6) is 5.75 Å². The fraction of sp³-hybridized carbons (Fsp3) is 0.167. The van der Waals surface area contributed by atoms with Crippen LogP contribution >= 0.6 is 0 Å². The second-order valence-electron chi connectivity index (χ2n) is 5.60. The maximum Gasteiger partial charge on any atom is 0.331 e. The highest BCUT2D eigenvalue weighted by atomic mass is 16.5. The first-order valence-corrected chi connectivity index (χ1v) is 7.62. The van der Waals surface area contributed by atoms with E-state index in [1.807, 2.05) is 0 Å². The first-order chi connectivity index (χ1) is 12.0. The summed E-state index contributed by atoms with van der Waals surface area (Å²) in [5.74, 6) is -0.634. The van der Waals surface area contributed by atoms with E-state index in [1.165, 1.54) is 6.08 Å². The third-order valence-electron chi connectivity index (χ3n) is 3.96. The molecule has 7 nitrogen and oxygen atoms in total. The van der Waals surface area contributed by atoms with E-state index in [2.05, 4.69) is 5.32 Å². The van der Waals surface area contributed by atoms with Crippen LogP contribution in [-0.4, -0.2) is 34.4 Å². The van der Waals surface area contributed by atoms with Crippen LogP contribution in [0.3, 0.4) is 0 Å². The third kappa shape index (κ3) is 3.30. The quantitative estimate of drug-likeness (QED) is 0.679. The minimum atomic E-state index is -0.727. The molecule has 0 aliphatic carbocycles. The minimum Gasteiger partial charge on any atom is -0.497 e. The van der Waals surface area contributed by atoms with Crippen LogP contribution in [0.1, 0.15) is 11.3 Å². The van der Waals surface area contributed by atoms with Gasteiger partial charge in [0.2, 0.25) is 0 Å². The lowest BCUT2D eigenvalue weighted by molar-refractivity contribution is -0.130.